The molecule has 0 amide bonds. The standard InChI is InChI=1S/C17H27N3O3.HI/c1-4-18-17(19-6-8-21)20-7-5-13(12-20)14-9-15(22-2)11-16(10-14)23-3;/h9-11,13,21H,4-8,12H2,1-3H3,(H,18,19);1H. The van der Waals surface area contributed by atoms with Gasteiger partial charge in [-0.15, -0.1) is 24.0 Å². The van der Waals surface area contributed by atoms with Crippen LogP contribution in [-0.4, -0.2) is 63.0 Å². The normalized spacial score (nSPS) is 17.4. The maximum Gasteiger partial charge on any atom is 0.194 e. The number of likely N-dealkylation sites (tertiary alicyclic amines) is 1. The lowest BCUT2D eigenvalue weighted by Crippen LogP contribution is -2.40. The van der Waals surface area contributed by atoms with E-state index < -0.39 is 0 Å². The number of halogens is 1. The number of aliphatic hydroxyl groups excluding tert-OH is 1. The smallest absolute Gasteiger partial charge is 0.194 e. The van der Waals surface area contributed by atoms with Crippen molar-refractivity contribution in [1.82, 2.24) is 10.2 Å². The molecule has 2 N–H and O–H groups in total. The highest BCUT2D eigenvalue weighted by Crippen LogP contribution is 2.32. The molecule has 1 fully saturated rings. The summed E-state index contributed by atoms with van der Waals surface area (Å²) in [5.74, 6) is 2.92. The highest BCUT2D eigenvalue weighted by molar-refractivity contribution is 14.0. The molecular formula is C17H28IN3O3. The van der Waals surface area contributed by atoms with Crippen LogP contribution in [-0.2, 0) is 0 Å². The quantitative estimate of drug-likeness (QED) is 0.396. The van der Waals surface area contributed by atoms with Gasteiger partial charge in [-0.3, -0.25) is 4.99 Å². The predicted molar refractivity (Wildman–Crippen MR) is 107 cm³/mol. The Morgan fingerprint density at radius 3 is 2.50 bits per heavy atom. The van der Waals surface area contributed by atoms with E-state index in [1.807, 2.05) is 6.07 Å². The number of hydrogen-bond acceptors (Lipinski definition) is 4. The molecule has 1 heterocycles. The van der Waals surface area contributed by atoms with Crippen LogP contribution in [0.1, 0.15) is 24.8 Å². The number of hydrogen-bond donors (Lipinski definition) is 2. The van der Waals surface area contributed by atoms with Gasteiger partial charge in [-0.2, -0.15) is 0 Å². The SMILES string of the molecule is CCNC(=NCCO)N1CCC(c2cc(OC)cc(OC)c2)C1.I. The molecule has 24 heavy (non-hydrogen) atoms. The summed E-state index contributed by atoms with van der Waals surface area (Å²) in [5, 5.41) is 12.3. The van der Waals surface area contributed by atoms with Crippen molar-refractivity contribution in [3.05, 3.63) is 23.8 Å². The number of nitrogens with one attached hydrogen (secondary N) is 1. The van der Waals surface area contributed by atoms with Crippen molar-refractivity contribution < 1.29 is 14.6 Å². The number of guanidine groups is 1. The van der Waals surface area contributed by atoms with Crippen molar-refractivity contribution in [2.75, 3.05) is 47.0 Å². The first-order chi connectivity index (χ1) is 11.2. The Kier molecular flexibility index (Phi) is 9.20. The highest BCUT2D eigenvalue weighted by Gasteiger charge is 2.26. The van der Waals surface area contributed by atoms with Gasteiger partial charge in [0.15, 0.2) is 5.96 Å². The number of ether oxygens (including phenoxy) is 2. The molecule has 0 radical (unpaired) electrons. The van der Waals surface area contributed by atoms with Crippen LogP contribution in [0.5, 0.6) is 11.5 Å². The van der Waals surface area contributed by atoms with Crippen molar-refractivity contribution >= 4 is 29.9 Å². The van der Waals surface area contributed by atoms with Crippen LogP contribution >= 0.6 is 24.0 Å². The third-order valence-corrected chi connectivity index (χ3v) is 4.03. The first-order valence-corrected chi connectivity index (χ1v) is 8.08. The van der Waals surface area contributed by atoms with E-state index in [1.165, 1.54) is 5.56 Å². The second kappa shape index (κ2) is 10.6. The Bertz CT molecular complexity index is 518. The van der Waals surface area contributed by atoms with Gasteiger partial charge in [0.05, 0.1) is 27.4 Å². The van der Waals surface area contributed by atoms with E-state index in [-0.39, 0.29) is 30.6 Å². The third-order valence-electron chi connectivity index (χ3n) is 4.03. The zero-order valence-corrected chi connectivity index (χ0v) is 16.9. The third kappa shape index (κ3) is 5.41. The van der Waals surface area contributed by atoms with E-state index >= 15 is 0 Å². The van der Waals surface area contributed by atoms with Crippen molar-refractivity contribution in [2.24, 2.45) is 4.99 Å². The van der Waals surface area contributed by atoms with Gasteiger partial charge in [0.1, 0.15) is 11.5 Å². The first kappa shape index (κ1) is 20.8. The van der Waals surface area contributed by atoms with Gasteiger partial charge in [-0.1, -0.05) is 0 Å². The summed E-state index contributed by atoms with van der Waals surface area (Å²) in [6.07, 6.45) is 1.06. The van der Waals surface area contributed by atoms with Crippen LogP contribution in [0.2, 0.25) is 0 Å². The molecule has 1 unspecified atom stereocenters. The van der Waals surface area contributed by atoms with Crippen molar-refractivity contribution in [3.8, 4) is 11.5 Å². The minimum absolute atomic E-state index is 0. The molecule has 0 spiro atoms. The Morgan fingerprint density at radius 2 is 1.96 bits per heavy atom. The molecule has 1 saturated heterocycles. The summed E-state index contributed by atoms with van der Waals surface area (Å²) >= 11 is 0. The lowest BCUT2D eigenvalue weighted by Gasteiger charge is -2.22. The topological polar surface area (TPSA) is 66.3 Å². The van der Waals surface area contributed by atoms with Gasteiger partial charge in [0.2, 0.25) is 0 Å². The van der Waals surface area contributed by atoms with Crippen LogP contribution in [0.15, 0.2) is 23.2 Å². The number of benzene rings is 1. The second-order valence-corrected chi connectivity index (χ2v) is 5.54. The fraction of sp³-hybridized carbons (Fsp3) is 0.588. The highest BCUT2D eigenvalue weighted by atomic mass is 127. The monoisotopic (exact) mass is 449 g/mol. The van der Waals surface area contributed by atoms with Crippen LogP contribution < -0.4 is 14.8 Å². The van der Waals surface area contributed by atoms with E-state index in [1.54, 1.807) is 14.2 Å². The average Bonchev–Trinajstić information content (AvgIpc) is 3.08. The van der Waals surface area contributed by atoms with Gasteiger partial charge >= 0.3 is 0 Å². The van der Waals surface area contributed by atoms with Crippen molar-refractivity contribution in [2.45, 2.75) is 19.3 Å². The fourth-order valence-electron chi connectivity index (χ4n) is 2.87. The van der Waals surface area contributed by atoms with Gasteiger partial charge in [-0.25, -0.2) is 0 Å². The average molecular weight is 449 g/mol. The molecule has 1 aromatic rings. The molecule has 6 nitrogen and oxygen atoms in total. The Labute approximate surface area is 161 Å². The number of aliphatic imine (C=N–C) groups is 1. The maximum atomic E-state index is 8.99. The molecule has 0 saturated carbocycles. The molecule has 1 aliphatic heterocycles. The summed E-state index contributed by atoms with van der Waals surface area (Å²) < 4.78 is 10.7. The number of methoxy groups -OCH3 is 2. The molecular weight excluding hydrogens is 421 g/mol. The minimum atomic E-state index is 0. The van der Waals surface area contributed by atoms with E-state index in [0.717, 1.165) is 43.5 Å². The number of rotatable bonds is 6. The molecule has 0 bridgehead atoms. The van der Waals surface area contributed by atoms with Crippen LogP contribution in [0.3, 0.4) is 0 Å². The molecule has 2 rings (SSSR count). The van der Waals surface area contributed by atoms with E-state index in [0.29, 0.717) is 12.5 Å². The Hall–Kier alpha value is -1.22. The Balaban J connectivity index is 0.00000288. The minimum Gasteiger partial charge on any atom is -0.497 e. The molecule has 7 heteroatoms. The summed E-state index contributed by atoms with van der Waals surface area (Å²) in [6.45, 7) is 5.21. The summed E-state index contributed by atoms with van der Waals surface area (Å²) in [7, 11) is 3.34. The zero-order chi connectivity index (χ0) is 16.7. The number of aliphatic hydroxyl groups is 1. The summed E-state index contributed by atoms with van der Waals surface area (Å²) in [4.78, 5) is 6.69. The lowest BCUT2D eigenvalue weighted by molar-refractivity contribution is 0.305. The van der Waals surface area contributed by atoms with Crippen LogP contribution in [0.25, 0.3) is 0 Å². The van der Waals surface area contributed by atoms with Crippen LogP contribution in [0.4, 0.5) is 0 Å². The molecule has 136 valence electrons. The van der Waals surface area contributed by atoms with Crippen molar-refractivity contribution in [1.29, 1.82) is 0 Å². The molecule has 1 atom stereocenters. The molecule has 0 aliphatic carbocycles. The van der Waals surface area contributed by atoms with Gasteiger partial charge < -0.3 is 24.8 Å². The molecule has 1 aromatic carbocycles. The van der Waals surface area contributed by atoms with E-state index in [2.05, 4.69) is 34.3 Å². The van der Waals surface area contributed by atoms with Gasteiger partial charge in [0, 0.05) is 31.6 Å². The molecule has 1 aliphatic rings. The summed E-state index contributed by atoms with van der Waals surface area (Å²) in [6, 6.07) is 6.05. The summed E-state index contributed by atoms with van der Waals surface area (Å²) in [5.41, 5.74) is 1.22. The molecule has 0 aromatic heterocycles. The number of nitrogens with zero attached hydrogens (tertiary/aromatic N) is 2. The fourth-order valence-corrected chi connectivity index (χ4v) is 2.87. The largest absolute Gasteiger partial charge is 0.497 e. The van der Waals surface area contributed by atoms with Crippen molar-refractivity contribution in [3.63, 3.8) is 0 Å². The Morgan fingerprint density at radius 1 is 1.29 bits per heavy atom. The zero-order valence-electron chi connectivity index (χ0n) is 14.6. The van der Waals surface area contributed by atoms with E-state index in [4.69, 9.17) is 14.6 Å². The van der Waals surface area contributed by atoms with Gasteiger partial charge in [-0.05, 0) is 31.0 Å². The van der Waals surface area contributed by atoms with Gasteiger partial charge in [0.25, 0.3) is 0 Å². The second-order valence-electron chi connectivity index (χ2n) is 5.54. The first-order valence-electron chi connectivity index (χ1n) is 8.08. The van der Waals surface area contributed by atoms with E-state index in [9.17, 15) is 0 Å². The lowest BCUT2D eigenvalue weighted by atomic mass is 9.98. The predicted octanol–water partition coefficient (Wildman–Crippen LogP) is 2.07. The van der Waals surface area contributed by atoms with Crippen LogP contribution in [0, 0.1) is 0 Å². The maximum absolute atomic E-state index is 8.99.